The number of carbonyl (C=O) groups excluding carboxylic acids is 1. The van der Waals surface area contributed by atoms with E-state index in [1.54, 1.807) is 12.3 Å². The van der Waals surface area contributed by atoms with Crippen LogP contribution in [0.4, 0.5) is 4.39 Å². The van der Waals surface area contributed by atoms with E-state index >= 15 is 0 Å². The van der Waals surface area contributed by atoms with Crippen molar-refractivity contribution < 1.29 is 9.18 Å². The first-order valence-electron chi connectivity index (χ1n) is 10.8. The first-order chi connectivity index (χ1) is 13.8. The fourth-order valence-electron chi connectivity index (χ4n) is 6.65. The van der Waals surface area contributed by atoms with Gasteiger partial charge in [0.15, 0.2) is 0 Å². The van der Waals surface area contributed by atoms with Crippen molar-refractivity contribution in [2.45, 2.75) is 46.0 Å². The van der Waals surface area contributed by atoms with Crippen LogP contribution in [0.25, 0.3) is 5.57 Å². The fraction of sp³-hybridized carbons (Fsp3) is 0.520. The van der Waals surface area contributed by atoms with E-state index in [9.17, 15) is 9.18 Å². The number of pyridine rings is 1. The van der Waals surface area contributed by atoms with Gasteiger partial charge in [-0.1, -0.05) is 37.1 Å². The van der Waals surface area contributed by atoms with Gasteiger partial charge in [0.25, 0.3) is 0 Å². The molecule has 0 spiro atoms. The van der Waals surface area contributed by atoms with Gasteiger partial charge in [-0.05, 0) is 66.6 Å². The largest absolute Gasteiger partial charge is 0.342 e. The summed E-state index contributed by atoms with van der Waals surface area (Å²) in [5, 5.41) is 0. The molecule has 3 nitrogen and oxygen atoms in total. The lowest BCUT2D eigenvalue weighted by Gasteiger charge is -2.55. The highest BCUT2D eigenvalue weighted by Gasteiger charge is 2.54. The van der Waals surface area contributed by atoms with Gasteiger partial charge in [0.1, 0.15) is 5.82 Å². The maximum Gasteiger partial charge on any atom is 0.246 e. The first-order valence-corrected chi connectivity index (χ1v) is 10.8. The number of halogens is 1. The van der Waals surface area contributed by atoms with Gasteiger partial charge in [-0.2, -0.15) is 0 Å². The number of allylic oxidation sites excluding steroid dienone is 5. The van der Waals surface area contributed by atoms with Gasteiger partial charge in [0, 0.05) is 31.3 Å². The van der Waals surface area contributed by atoms with Gasteiger partial charge < -0.3 is 4.90 Å². The number of fused-ring (bicyclic) bond motifs is 5. The predicted molar refractivity (Wildman–Crippen MR) is 112 cm³/mol. The van der Waals surface area contributed by atoms with Crippen LogP contribution in [0.3, 0.4) is 0 Å². The molecule has 1 aromatic rings. The summed E-state index contributed by atoms with van der Waals surface area (Å²) >= 11 is 0. The molecule has 1 aromatic heterocycles. The monoisotopic (exact) mass is 392 g/mol. The Morgan fingerprint density at radius 2 is 2.00 bits per heavy atom. The number of amides is 1. The molecule has 4 atom stereocenters. The summed E-state index contributed by atoms with van der Waals surface area (Å²) in [5.41, 5.74) is 5.04. The van der Waals surface area contributed by atoms with Crippen LogP contribution in [0, 0.1) is 28.5 Å². The molecule has 2 saturated carbocycles. The second kappa shape index (κ2) is 6.38. The van der Waals surface area contributed by atoms with Crippen molar-refractivity contribution in [1.29, 1.82) is 0 Å². The lowest BCUT2D eigenvalue weighted by atomic mass is 9.49. The molecule has 1 amide bonds. The van der Waals surface area contributed by atoms with E-state index in [1.807, 2.05) is 18.0 Å². The predicted octanol–water partition coefficient (Wildman–Crippen LogP) is 5.17. The van der Waals surface area contributed by atoms with Crippen LogP contribution < -0.4 is 0 Å². The molecule has 5 rings (SSSR count). The van der Waals surface area contributed by atoms with E-state index < -0.39 is 0 Å². The van der Waals surface area contributed by atoms with Crippen molar-refractivity contribution >= 4 is 11.5 Å². The number of likely N-dealkylation sites (N-methyl/N-ethyl adjacent to an activating group) is 1. The summed E-state index contributed by atoms with van der Waals surface area (Å²) in [6, 6.07) is 1.61. The third kappa shape index (κ3) is 2.68. The number of carbonyl (C=O) groups is 1. The van der Waals surface area contributed by atoms with Crippen molar-refractivity contribution in [3.05, 3.63) is 59.2 Å². The first kappa shape index (κ1) is 18.8. The number of hydrogen-bond acceptors (Lipinski definition) is 2. The normalized spacial score (nSPS) is 36.3. The molecule has 0 N–H and O–H groups in total. The number of nitrogens with zero attached hydrogens (tertiary/aromatic N) is 2. The Morgan fingerprint density at radius 1 is 1.17 bits per heavy atom. The van der Waals surface area contributed by atoms with E-state index in [4.69, 9.17) is 0 Å². The molecule has 0 saturated heterocycles. The number of rotatable bonds is 1. The van der Waals surface area contributed by atoms with Gasteiger partial charge in [-0.25, -0.2) is 4.39 Å². The van der Waals surface area contributed by atoms with E-state index in [1.165, 1.54) is 22.9 Å². The van der Waals surface area contributed by atoms with Crippen LogP contribution in [0.15, 0.2) is 47.8 Å². The van der Waals surface area contributed by atoms with Crippen LogP contribution >= 0.6 is 0 Å². The second-order valence-electron chi connectivity index (χ2n) is 9.81. The lowest BCUT2D eigenvalue weighted by Crippen LogP contribution is -2.46. The molecular weight excluding hydrogens is 363 g/mol. The van der Waals surface area contributed by atoms with Gasteiger partial charge >= 0.3 is 0 Å². The molecule has 4 aliphatic rings. The maximum atomic E-state index is 13.8. The quantitative estimate of drug-likeness (QED) is 0.661. The fourth-order valence-corrected chi connectivity index (χ4v) is 6.65. The molecule has 4 heteroatoms. The van der Waals surface area contributed by atoms with Crippen molar-refractivity contribution in [3.8, 4) is 0 Å². The average molecular weight is 393 g/mol. The highest BCUT2D eigenvalue weighted by molar-refractivity contribution is 5.88. The molecule has 2 fully saturated rings. The van der Waals surface area contributed by atoms with Crippen LogP contribution in [-0.2, 0) is 4.79 Å². The zero-order chi connectivity index (χ0) is 20.4. The standard InChI is InChI=1S/C25H29FN2O/c1-24-10-11-28(3)23(29)13-17(24)4-5-19-21-7-6-20(16-12-18(26)15-27-14-16)25(21,2)9-8-22(19)24/h6-7,12-15,19,22H,4-5,8-11H2,1-3H3. The van der Waals surface area contributed by atoms with Crippen LogP contribution in [0.2, 0.25) is 0 Å². The van der Waals surface area contributed by atoms with Crippen molar-refractivity contribution in [1.82, 2.24) is 9.88 Å². The van der Waals surface area contributed by atoms with Crippen molar-refractivity contribution in [2.75, 3.05) is 13.6 Å². The third-order valence-electron chi connectivity index (χ3n) is 8.43. The summed E-state index contributed by atoms with van der Waals surface area (Å²) in [6.45, 7) is 5.55. The average Bonchev–Trinajstić information content (AvgIpc) is 3.00. The van der Waals surface area contributed by atoms with E-state index in [-0.39, 0.29) is 22.6 Å². The zero-order valence-corrected chi connectivity index (χ0v) is 17.5. The summed E-state index contributed by atoms with van der Waals surface area (Å²) < 4.78 is 13.8. The molecule has 4 unspecified atom stereocenters. The molecule has 0 bridgehead atoms. The van der Waals surface area contributed by atoms with Gasteiger partial charge in [-0.15, -0.1) is 0 Å². The minimum absolute atomic E-state index is 0.0362. The Morgan fingerprint density at radius 3 is 2.79 bits per heavy atom. The molecule has 0 aromatic carbocycles. The van der Waals surface area contributed by atoms with Gasteiger partial charge in [0.05, 0.1) is 6.20 Å². The Balaban J connectivity index is 1.49. The number of aromatic nitrogens is 1. The highest BCUT2D eigenvalue weighted by Crippen LogP contribution is 2.64. The smallest absolute Gasteiger partial charge is 0.246 e. The molecule has 3 aliphatic carbocycles. The summed E-state index contributed by atoms with van der Waals surface area (Å²) in [7, 11) is 1.91. The Kier molecular flexibility index (Phi) is 4.13. The second-order valence-corrected chi connectivity index (χ2v) is 9.81. The molecule has 152 valence electrons. The minimum Gasteiger partial charge on any atom is -0.342 e. The maximum absolute atomic E-state index is 13.8. The van der Waals surface area contributed by atoms with E-state index in [2.05, 4.69) is 31.0 Å². The summed E-state index contributed by atoms with van der Waals surface area (Å²) in [4.78, 5) is 18.4. The van der Waals surface area contributed by atoms with Gasteiger partial charge in [-0.3, -0.25) is 9.78 Å². The zero-order valence-electron chi connectivity index (χ0n) is 17.5. The van der Waals surface area contributed by atoms with Gasteiger partial charge in [0.2, 0.25) is 5.91 Å². The molecular formula is C25H29FN2O. The van der Waals surface area contributed by atoms with E-state index in [0.29, 0.717) is 11.8 Å². The Bertz CT molecular complexity index is 977. The summed E-state index contributed by atoms with van der Waals surface area (Å²) in [5.74, 6) is 0.982. The SMILES string of the molecule is CN1CCC2(C)C(=CC1=O)CCC1C3=CC=C(c4cncc(F)c4)C3(C)CCC12. The Labute approximate surface area is 172 Å². The molecule has 0 radical (unpaired) electrons. The van der Waals surface area contributed by atoms with Crippen molar-refractivity contribution in [2.24, 2.45) is 22.7 Å². The third-order valence-corrected chi connectivity index (χ3v) is 8.43. The molecule has 2 heterocycles. The Hall–Kier alpha value is -2.23. The van der Waals surface area contributed by atoms with Crippen LogP contribution in [-0.4, -0.2) is 29.4 Å². The van der Waals surface area contributed by atoms with Crippen LogP contribution in [0.1, 0.15) is 51.5 Å². The van der Waals surface area contributed by atoms with Crippen LogP contribution in [0.5, 0.6) is 0 Å². The highest BCUT2D eigenvalue weighted by atomic mass is 19.1. The molecule has 29 heavy (non-hydrogen) atoms. The topological polar surface area (TPSA) is 33.2 Å². The number of hydrogen-bond donors (Lipinski definition) is 0. The van der Waals surface area contributed by atoms with E-state index in [0.717, 1.165) is 44.2 Å². The summed E-state index contributed by atoms with van der Waals surface area (Å²) in [6.07, 6.45) is 14.9. The lowest BCUT2D eigenvalue weighted by molar-refractivity contribution is -0.124. The minimum atomic E-state index is -0.277. The molecule has 1 aliphatic heterocycles. The van der Waals surface area contributed by atoms with Crippen molar-refractivity contribution in [3.63, 3.8) is 0 Å².